The lowest BCUT2D eigenvalue weighted by Crippen LogP contribution is -2.24. The second kappa shape index (κ2) is 5.17. The third-order valence-electron chi connectivity index (χ3n) is 2.57. The molecular formula is C11H13F2N5O. The van der Waals surface area contributed by atoms with Crippen molar-refractivity contribution in [1.29, 1.82) is 0 Å². The second-order valence-electron chi connectivity index (χ2n) is 4.04. The first-order chi connectivity index (χ1) is 8.97. The van der Waals surface area contributed by atoms with Crippen molar-refractivity contribution in [3.63, 3.8) is 0 Å². The molecule has 102 valence electrons. The van der Waals surface area contributed by atoms with Crippen molar-refractivity contribution in [1.82, 2.24) is 24.9 Å². The van der Waals surface area contributed by atoms with E-state index in [1.165, 1.54) is 6.07 Å². The number of alkyl halides is 2. The molecule has 0 radical (unpaired) electrons. The van der Waals surface area contributed by atoms with E-state index in [2.05, 4.69) is 15.5 Å². The summed E-state index contributed by atoms with van der Waals surface area (Å²) in [6.45, 7) is -0.644. The Morgan fingerprint density at radius 2 is 2.21 bits per heavy atom. The predicted octanol–water partition coefficient (Wildman–Crippen LogP) is 1.25. The highest BCUT2D eigenvalue weighted by molar-refractivity contribution is 5.92. The number of rotatable bonds is 4. The lowest BCUT2D eigenvalue weighted by atomic mass is 10.3. The fraction of sp³-hybridized carbons (Fsp3) is 0.364. The van der Waals surface area contributed by atoms with Crippen molar-refractivity contribution < 1.29 is 13.6 Å². The highest BCUT2D eigenvalue weighted by Gasteiger charge is 2.13. The summed E-state index contributed by atoms with van der Waals surface area (Å²) < 4.78 is 26.7. The molecule has 0 saturated heterocycles. The van der Waals surface area contributed by atoms with Crippen molar-refractivity contribution in [2.24, 2.45) is 7.05 Å². The van der Waals surface area contributed by atoms with Crippen molar-refractivity contribution in [3.05, 3.63) is 35.4 Å². The second-order valence-corrected chi connectivity index (χ2v) is 4.04. The number of nitrogens with zero attached hydrogens (tertiary/aromatic N) is 4. The fourth-order valence-electron chi connectivity index (χ4n) is 1.66. The van der Waals surface area contributed by atoms with Crippen LogP contribution in [0.4, 0.5) is 8.78 Å². The average Bonchev–Trinajstić information content (AvgIpc) is 2.93. The van der Waals surface area contributed by atoms with E-state index in [0.29, 0.717) is 4.68 Å². The zero-order valence-corrected chi connectivity index (χ0v) is 10.5. The van der Waals surface area contributed by atoms with Crippen LogP contribution in [0.1, 0.15) is 28.4 Å². The predicted molar refractivity (Wildman–Crippen MR) is 62.6 cm³/mol. The maximum absolute atomic E-state index is 12.3. The third kappa shape index (κ3) is 2.95. The van der Waals surface area contributed by atoms with Crippen LogP contribution in [0.2, 0.25) is 0 Å². The molecule has 0 aromatic carbocycles. The van der Waals surface area contributed by atoms with Gasteiger partial charge in [-0.1, -0.05) is 0 Å². The first-order valence-electron chi connectivity index (χ1n) is 5.58. The van der Waals surface area contributed by atoms with Crippen molar-refractivity contribution >= 4 is 5.91 Å². The molecule has 0 atom stereocenters. The molecule has 0 aliphatic heterocycles. The van der Waals surface area contributed by atoms with Gasteiger partial charge < -0.3 is 5.32 Å². The maximum Gasteiger partial charge on any atom is 0.333 e. The minimum atomic E-state index is -2.75. The van der Waals surface area contributed by atoms with Gasteiger partial charge in [-0.25, -0.2) is 4.68 Å². The fourth-order valence-corrected chi connectivity index (χ4v) is 1.66. The zero-order valence-electron chi connectivity index (χ0n) is 10.5. The Labute approximate surface area is 108 Å². The molecule has 0 bridgehead atoms. The molecule has 8 heteroatoms. The molecule has 2 rings (SSSR count). The first kappa shape index (κ1) is 13.2. The standard InChI is InChI=1S/C11H13F2N5O/c1-7-5-8(17(2)15-7)6-14-10(19)9-3-4-18(16-9)11(12)13/h3-5,11H,6H2,1-2H3,(H,14,19). The Morgan fingerprint density at radius 3 is 2.74 bits per heavy atom. The van der Waals surface area contributed by atoms with Crippen molar-refractivity contribution in [2.75, 3.05) is 0 Å². The topological polar surface area (TPSA) is 64.7 Å². The van der Waals surface area contributed by atoms with E-state index < -0.39 is 12.5 Å². The summed E-state index contributed by atoms with van der Waals surface area (Å²) in [7, 11) is 1.76. The Bertz CT molecular complexity index is 590. The highest BCUT2D eigenvalue weighted by atomic mass is 19.3. The molecule has 2 heterocycles. The summed E-state index contributed by atoms with van der Waals surface area (Å²) in [5.74, 6) is -0.502. The van der Waals surface area contributed by atoms with Crippen LogP contribution >= 0.6 is 0 Å². The summed E-state index contributed by atoms with van der Waals surface area (Å²) in [4.78, 5) is 11.7. The van der Waals surface area contributed by atoms with Crippen molar-refractivity contribution in [3.8, 4) is 0 Å². The summed E-state index contributed by atoms with van der Waals surface area (Å²) >= 11 is 0. The SMILES string of the molecule is Cc1cc(CNC(=O)c2ccn(C(F)F)n2)n(C)n1. The number of carbonyl (C=O) groups excluding carboxylic acids is 1. The molecule has 1 N–H and O–H groups in total. The van der Waals surface area contributed by atoms with Gasteiger partial charge in [0, 0.05) is 13.2 Å². The van der Waals surface area contributed by atoms with Gasteiger partial charge in [-0.3, -0.25) is 9.48 Å². The van der Waals surface area contributed by atoms with Crippen LogP contribution in [0, 0.1) is 6.92 Å². The Hall–Kier alpha value is -2.25. The first-order valence-corrected chi connectivity index (χ1v) is 5.58. The van der Waals surface area contributed by atoms with Crippen molar-refractivity contribution in [2.45, 2.75) is 20.0 Å². The van der Waals surface area contributed by atoms with Gasteiger partial charge in [0.15, 0.2) is 0 Å². The molecule has 0 saturated carbocycles. The van der Waals surface area contributed by atoms with E-state index in [9.17, 15) is 13.6 Å². The third-order valence-corrected chi connectivity index (χ3v) is 2.57. The minimum absolute atomic E-state index is 0.0424. The number of hydrogen-bond acceptors (Lipinski definition) is 3. The number of aryl methyl sites for hydroxylation is 2. The monoisotopic (exact) mass is 269 g/mol. The summed E-state index contributed by atoms with van der Waals surface area (Å²) in [5, 5.41) is 10.2. The Morgan fingerprint density at radius 1 is 1.47 bits per heavy atom. The number of carbonyl (C=O) groups is 1. The Balaban J connectivity index is 1.99. The van der Waals surface area contributed by atoms with E-state index in [4.69, 9.17) is 0 Å². The van der Waals surface area contributed by atoms with Gasteiger partial charge in [-0.15, -0.1) is 0 Å². The molecule has 2 aromatic rings. The van der Waals surface area contributed by atoms with Gasteiger partial charge in [0.2, 0.25) is 0 Å². The summed E-state index contributed by atoms with van der Waals surface area (Å²) in [6, 6.07) is 3.08. The van der Waals surface area contributed by atoms with Gasteiger partial charge in [-0.05, 0) is 19.1 Å². The molecule has 0 aliphatic carbocycles. The van der Waals surface area contributed by atoms with Crippen LogP contribution < -0.4 is 5.32 Å². The number of halogens is 2. The number of amides is 1. The van der Waals surface area contributed by atoms with E-state index in [1.54, 1.807) is 11.7 Å². The number of aromatic nitrogens is 4. The summed E-state index contributed by atoms with van der Waals surface area (Å²) in [6.07, 6.45) is 1.06. The van der Waals surface area contributed by atoms with Crippen LogP contribution in [-0.2, 0) is 13.6 Å². The van der Waals surface area contributed by atoms with Crippen LogP contribution in [0.25, 0.3) is 0 Å². The minimum Gasteiger partial charge on any atom is -0.345 e. The van der Waals surface area contributed by atoms with E-state index >= 15 is 0 Å². The molecule has 6 nitrogen and oxygen atoms in total. The van der Waals surface area contributed by atoms with Gasteiger partial charge in [0.05, 0.1) is 17.9 Å². The maximum atomic E-state index is 12.3. The lowest BCUT2D eigenvalue weighted by molar-refractivity contribution is 0.0560. The highest BCUT2D eigenvalue weighted by Crippen LogP contribution is 2.09. The quantitative estimate of drug-likeness (QED) is 0.908. The van der Waals surface area contributed by atoms with Crippen LogP contribution in [0.5, 0.6) is 0 Å². The van der Waals surface area contributed by atoms with E-state index in [-0.39, 0.29) is 12.2 Å². The van der Waals surface area contributed by atoms with Crippen LogP contribution in [0.15, 0.2) is 18.3 Å². The molecular weight excluding hydrogens is 256 g/mol. The summed E-state index contributed by atoms with van der Waals surface area (Å²) in [5.41, 5.74) is 1.62. The zero-order chi connectivity index (χ0) is 14.0. The average molecular weight is 269 g/mol. The number of nitrogens with one attached hydrogen (secondary N) is 1. The normalized spacial score (nSPS) is 11.0. The number of hydrogen-bond donors (Lipinski definition) is 1. The van der Waals surface area contributed by atoms with Gasteiger partial charge in [0.1, 0.15) is 5.69 Å². The van der Waals surface area contributed by atoms with Crippen LogP contribution in [0.3, 0.4) is 0 Å². The molecule has 19 heavy (non-hydrogen) atoms. The molecule has 0 unspecified atom stereocenters. The smallest absolute Gasteiger partial charge is 0.333 e. The molecule has 2 aromatic heterocycles. The van der Waals surface area contributed by atoms with Crippen LogP contribution in [-0.4, -0.2) is 25.5 Å². The molecule has 0 aliphatic rings. The van der Waals surface area contributed by atoms with E-state index in [1.807, 2.05) is 13.0 Å². The molecule has 1 amide bonds. The Kier molecular flexibility index (Phi) is 3.59. The van der Waals surface area contributed by atoms with Gasteiger partial charge >= 0.3 is 6.55 Å². The van der Waals surface area contributed by atoms with Gasteiger partial charge in [-0.2, -0.15) is 19.0 Å². The molecule has 0 spiro atoms. The lowest BCUT2D eigenvalue weighted by Gasteiger charge is -2.03. The largest absolute Gasteiger partial charge is 0.345 e. The van der Waals surface area contributed by atoms with Gasteiger partial charge in [0.25, 0.3) is 5.91 Å². The molecule has 0 fully saturated rings. The van der Waals surface area contributed by atoms with E-state index in [0.717, 1.165) is 17.6 Å².